The Balaban J connectivity index is 1.62. The molecule has 0 atom stereocenters. The molecule has 4 rings (SSSR count). The monoisotopic (exact) mass is 314 g/mol. The highest BCUT2D eigenvalue weighted by Gasteiger charge is 2.08. The van der Waals surface area contributed by atoms with E-state index in [2.05, 4.69) is 58.2 Å². The summed E-state index contributed by atoms with van der Waals surface area (Å²) in [6.07, 6.45) is 3.93. The Morgan fingerprint density at radius 1 is 0.917 bits per heavy atom. The van der Waals surface area contributed by atoms with Crippen LogP contribution >= 0.6 is 0 Å². The van der Waals surface area contributed by atoms with E-state index in [-0.39, 0.29) is 0 Å². The van der Waals surface area contributed by atoms with Crippen molar-refractivity contribution in [1.29, 1.82) is 0 Å². The van der Waals surface area contributed by atoms with Gasteiger partial charge in [-0.15, -0.1) is 0 Å². The topological polar surface area (TPSA) is 27.1 Å². The van der Waals surface area contributed by atoms with Crippen molar-refractivity contribution in [2.45, 2.75) is 6.54 Å². The predicted octanol–water partition coefficient (Wildman–Crippen LogP) is 4.76. The van der Waals surface area contributed by atoms with Crippen molar-refractivity contribution in [3.63, 3.8) is 0 Å². The van der Waals surface area contributed by atoms with Gasteiger partial charge in [-0.2, -0.15) is 0 Å². The van der Waals surface area contributed by atoms with Gasteiger partial charge in [0, 0.05) is 18.3 Å². The largest absolute Gasteiger partial charge is 0.496 e. The molecule has 118 valence electrons. The lowest BCUT2D eigenvalue weighted by Crippen LogP contribution is -1.96. The Hall–Kier alpha value is -3.07. The molecule has 0 fully saturated rings. The first-order valence-corrected chi connectivity index (χ1v) is 7.96. The van der Waals surface area contributed by atoms with E-state index >= 15 is 0 Å². The van der Waals surface area contributed by atoms with Crippen LogP contribution in [0.3, 0.4) is 0 Å². The van der Waals surface area contributed by atoms with Gasteiger partial charge in [-0.25, -0.2) is 4.98 Å². The number of ether oxygens (including phenoxy) is 1. The molecule has 3 heteroatoms. The molecule has 0 saturated carbocycles. The van der Waals surface area contributed by atoms with Crippen LogP contribution in [0.4, 0.5) is 0 Å². The van der Waals surface area contributed by atoms with E-state index in [1.54, 1.807) is 7.11 Å². The van der Waals surface area contributed by atoms with Crippen molar-refractivity contribution in [1.82, 2.24) is 9.55 Å². The van der Waals surface area contributed by atoms with E-state index in [0.717, 1.165) is 23.6 Å². The molecule has 3 aromatic carbocycles. The van der Waals surface area contributed by atoms with Gasteiger partial charge in [0.25, 0.3) is 0 Å². The van der Waals surface area contributed by atoms with Gasteiger partial charge in [0.2, 0.25) is 0 Å². The number of rotatable bonds is 4. The molecule has 0 saturated heterocycles. The molecule has 1 aromatic heterocycles. The molecule has 0 aliphatic carbocycles. The second kappa shape index (κ2) is 6.20. The quantitative estimate of drug-likeness (QED) is 0.543. The molecule has 0 radical (unpaired) electrons. The minimum atomic E-state index is 0.799. The molecular formula is C21H18N2O. The number of benzene rings is 3. The van der Waals surface area contributed by atoms with Crippen LogP contribution in [0.25, 0.3) is 22.0 Å². The van der Waals surface area contributed by atoms with Gasteiger partial charge < -0.3 is 9.30 Å². The number of nitrogens with zero attached hydrogens (tertiary/aromatic N) is 2. The van der Waals surface area contributed by atoms with Gasteiger partial charge in [-0.1, -0.05) is 48.5 Å². The second-order valence-corrected chi connectivity index (χ2v) is 5.81. The molecule has 0 bridgehead atoms. The van der Waals surface area contributed by atoms with Gasteiger partial charge >= 0.3 is 0 Å². The number of aromatic nitrogens is 2. The third-order valence-corrected chi connectivity index (χ3v) is 4.20. The number of fused-ring (bicyclic) bond motifs is 1. The summed E-state index contributed by atoms with van der Waals surface area (Å²) in [4.78, 5) is 4.54. The van der Waals surface area contributed by atoms with E-state index in [0.29, 0.717) is 0 Å². The third kappa shape index (κ3) is 2.76. The molecule has 24 heavy (non-hydrogen) atoms. The summed E-state index contributed by atoms with van der Waals surface area (Å²) in [7, 11) is 1.69. The molecule has 0 amide bonds. The molecule has 0 N–H and O–H groups in total. The average Bonchev–Trinajstić information content (AvgIpc) is 3.10. The summed E-state index contributed by atoms with van der Waals surface area (Å²) in [6.45, 7) is 0.799. The Kier molecular flexibility index (Phi) is 3.75. The lowest BCUT2D eigenvalue weighted by Gasteiger charge is -2.06. The van der Waals surface area contributed by atoms with Crippen LogP contribution < -0.4 is 4.74 Å². The maximum Gasteiger partial charge on any atom is 0.128 e. The first kappa shape index (κ1) is 14.5. The van der Waals surface area contributed by atoms with E-state index in [1.807, 2.05) is 30.6 Å². The van der Waals surface area contributed by atoms with Crippen LogP contribution in [0.15, 0.2) is 79.3 Å². The van der Waals surface area contributed by atoms with Crippen LogP contribution in [0, 0.1) is 0 Å². The van der Waals surface area contributed by atoms with E-state index < -0.39 is 0 Å². The summed E-state index contributed by atoms with van der Waals surface area (Å²) >= 11 is 0. The summed E-state index contributed by atoms with van der Waals surface area (Å²) in [5, 5.41) is 2.53. The number of imidazole rings is 1. The van der Waals surface area contributed by atoms with E-state index in [4.69, 9.17) is 4.74 Å². The highest BCUT2D eigenvalue weighted by atomic mass is 16.5. The van der Waals surface area contributed by atoms with Gasteiger partial charge in [-0.3, -0.25) is 0 Å². The first-order valence-electron chi connectivity index (χ1n) is 7.96. The molecular weight excluding hydrogens is 296 g/mol. The van der Waals surface area contributed by atoms with E-state index in [9.17, 15) is 0 Å². The van der Waals surface area contributed by atoms with Crippen LogP contribution in [-0.4, -0.2) is 16.7 Å². The summed E-state index contributed by atoms with van der Waals surface area (Å²) < 4.78 is 7.53. The highest BCUT2D eigenvalue weighted by Crippen LogP contribution is 2.28. The minimum absolute atomic E-state index is 0.799. The Morgan fingerprint density at radius 3 is 2.58 bits per heavy atom. The number of hydrogen-bond donors (Lipinski definition) is 0. The standard InChI is InChI=1S/C21H18N2O/c1-24-21-9-5-4-8-19(21)20-14-23(15-22-20)13-16-10-11-17-6-2-3-7-18(17)12-16/h2-12,14-15H,13H2,1H3. The lowest BCUT2D eigenvalue weighted by molar-refractivity contribution is 0.416. The molecule has 1 heterocycles. The van der Waals surface area contributed by atoms with Crippen molar-refractivity contribution < 1.29 is 4.74 Å². The smallest absolute Gasteiger partial charge is 0.128 e. The fraction of sp³-hybridized carbons (Fsp3) is 0.0952. The maximum atomic E-state index is 5.43. The number of methoxy groups -OCH3 is 1. The van der Waals surface area contributed by atoms with Gasteiger partial charge in [0.15, 0.2) is 0 Å². The molecule has 4 aromatic rings. The highest BCUT2D eigenvalue weighted by molar-refractivity contribution is 5.83. The van der Waals surface area contributed by atoms with Crippen LogP contribution in [0.1, 0.15) is 5.56 Å². The maximum absolute atomic E-state index is 5.43. The second-order valence-electron chi connectivity index (χ2n) is 5.81. The summed E-state index contributed by atoms with van der Waals surface area (Å²) in [6, 6.07) is 22.9. The van der Waals surface area contributed by atoms with Gasteiger partial charge in [0.1, 0.15) is 5.75 Å². The van der Waals surface area contributed by atoms with Gasteiger partial charge in [0.05, 0.1) is 19.1 Å². The summed E-state index contributed by atoms with van der Waals surface area (Å²) in [5.41, 5.74) is 3.20. The molecule has 0 unspecified atom stereocenters. The van der Waals surface area contributed by atoms with E-state index in [1.165, 1.54) is 16.3 Å². The first-order chi connectivity index (χ1) is 11.8. The zero-order chi connectivity index (χ0) is 16.4. The van der Waals surface area contributed by atoms with Crippen molar-refractivity contribution in [2.24, 2.45) is 0 Å². The fourth-order valence-electron chi connectivity index (χ4n) is 2.99. The normalized spacial score (nSPS) is 10.9. The molecule has 0 aliphatic heterocycles. The van der Waals surface area contributed by atoms with Crippen LogP contribution in [-0.2, 0) is 6.54 Å². The van der Waals surface area contributed by atoms with Crippen molar-refractivity contribution in [3.8, 4) is 17.0 Å². The van der Waals surface area contributed by atoms with Crippen molar-refractivity contribution >= 4 is 10.8 Å². The third-order valence-electron chi connectivity index (χ3n) is 4.20. The zero-order valence-electron chi connectivity index (χ0n) is 13.5. The Bertz CT molecular complexity index is 988. The number of hydrogen-bond acceptors (Lipinski definition) is 2. The average molecular weight is 314 g/mol. The Labute approximate surface area is 141 Å². The fourth-order valence-corrected chi connectivity index (χ4v) is 2.99. The SMILES string of the molecule is COc1ccccc1-c1cn(Cc2ccc3ccccc3c2)cn1. The Morgan fingerprint density at radius 2 is 1.71 bits per heavy atom. The summed E-state index contributed by atoms with van der Waals surface area (Å²) in [5.74, 6) is 0.841. The van der Waals surface area contributed by atoms with Crippen molar-refractivity contribution in [3.05, 3.63) is 84.8 Å². The van der Waals surface area contributed by atoms with Gasteiger partial charge in [-0.05, 0) is 34.5 Å². The van der Waals surface area contributed by atoms with Crippen LogP contribution in [0.2, 0.25) is 0 Å². The molecule has 0 spiro atoms. The predicted molar refractivity (Wildman–Crippen MR) is 97.3 cm³/mol. The zero-order valence-corrected chi connectivity index (χ0v) is 13.5. The van der Waals surface area contributed by atoms with Crippen LogP contribution in [0.5, 0.6) is 5.75 Å². The lowest BCUT2D eigenvalue weighted by atomic mass is 10.1. The molecule has 3 nitrogen and oxygen atoms in total. The molecule has 0 aliphatic rings. The number of para-hydroxylation sites is 1. The minimum Gasteiger partial charge on any atom is -0.496 e. The van der Waals surface area contributed by atoms with Crippen molar-refractivity contribution in [2.75, 3.05) is 7.11 Å².